The third-order valence-corrected chi connectivity index (χ3v) is 8.61. The third-order valence-electron chi connectivity index (χ3n) is 8.43. The van der Waals surface area contributed by atoms with Crippen LogP contribution in [0.4, 0.5) is 0 Å². The molecule has 0 aromatic heterocycles. The van der Waals surface area contributed by atoms with Crippen molar-refractivity contribution >= 4 is 17.7 Å². The van der Waals surface area contributed by atoms with Gasteiger partial charge in [0.25, 0.3) is 0 Å². The summed E-state index contributed by atoms with van der Waals surface area (Å²) in [5.41, 5.74) is 3.07. The van der Waals surface area contributed by atoms with Gasteiger partial charge in [0.15, 0.2) is 5.82 Å². The van der Waals surface area contributed by atoms with Crippen LogP contribution in [-0.2, 0) is 0 Å². The number of hydrogen-bond acceptors (Lipinski definition) is 7. The Morgan fingerprint density at radius 2 is 1.19 bits per heavy atom. The van der Waals surface area contributed by atoms with Crippen molar-refractivity contribution in [3.63, 3.8) is 0 Å². The van der Waals surface area contributed by atoms with E-state index in [4.69, 9.17) is 16.8 Å². The second-order valence-electron chi connectivity index (χ2n) is 14.1. The van der Waals surface area contributed by atoms with Crippen LogP contribution in [0.2, 0.25) is 0 Å². The molecule has 3 rings (SSSR count). The van der Waals surface area contributed by atoms with E-state index in [-0.39, 0.29) is 22.2 Å². The lowest BCUT2D eigenvalue weighted by Crippen LogP contribution is -2.69. The summed E-state index contributed by atoms with van der Waals surface area (Å²) in [4.78, 5) is 10.3. The van der Waals surface area contributed by atoms with E-state index in [1.54, 1.807) is 4.53 Å². The molecule has 0 unspecified atom stereocenters. The van der Waals surface area contributed by atoms with Gasteiger partial charge in [-0.15, -0.1) is 0 Å². The number of guanidine groups is 1. The Labute approximate surface area is 232 Å². The van der Waals surface area contributed by atoms with E-state index in [0.29, 0.717) is 12.1 Å². The monoisotopic (exact) mass is 537 g/mol. The predicted octanol–water partition coefficient (Wildman–Crippen LogP) is 5.94. The maximum absolute atomic E-state index is 6.73. The van der Waals surface area contributed by atoms with Gasteiger partial charge in [0.1, 0.15) is 0 Å². The number of aliphatic imine (C=N–C) groups is 1. The Kier molecular flexibility index (Phi) is 9.45. The molecular formula is C29H56ClN7. The van der Waals surface area contributed by atoms with Crippen molar-refractivity contribution in [2.45, 2.75) is 155 Å². The van der Waals surface area contributed by atoms with Crippen LogP contribution in [0.5, 0.6) is 0 Å². The highest BCUT2D eigenvalue weighted by molar-refractivity contribution is 6.14. The van der Waals surface area contributed by atoms with Crippen LogP contribution < -0.4 is 16.1 Å². The summed E-state index contributed by atoms with van der Waals surface area (Å²) >= 11 is 6.73. The quantitative estimate of drug-likeness (QED) is 0.250. The summed E-state index contributed by atoms with van der Waals surface area (Å²) in [6.07, 6.45) is 11.1. The zero-order valence-corrected chi connectivity index (χ0v) is 26.2. The number of piperidine rings is 2. The van der Waals surface area contributed by atoms with Gasteiger partial charge in [-0.05, 0) is 107 Å². The molecule has 0 bridgehead atoms. The maximum Gasteiger partial charge on any atom is 0.221 e. The van der Waals surface area contributed by atoms with E-state index in [1.165, 1.54) is 25.7 Å². The molecule has 37 heavy (non-hydrogen) atoms. The molecule has 0 aromatic carbocycles. The molecule has 0 atom stereocenters. The van der Waals surface area contributed by atoms with Gasteiger partial charge in [0.05, 0.1) is 6.20 Å². The van der Waals surface area contributed by atoms with Crippen LogP contribution in [0, 0.1) is 0 Å². The van der Waals surface area contributed by atoms with Crippen molar-refractivity contribution in [3.8, 4) is 0 Å². The molecule has 2 fully saturated rings. The molecule has 3 N–H and O–H groups in total. The maximum atomic E-state index is 6.73. The molecule has 0 saturated carbocycles. The summed E-state index contributed by atoms with van der Waals surface area (Å²) in [6, 6.07) is 0.999. The normalized spacial score (nSPS) is 25.5. The number of hydrazine groups is 1. The summed E-state index contributed by atoms with van der Waals surface area (Å²) < 4.78 is 1.58. The van der Waals surface area contributed by atoms with Crippen LogP contribution in [0.15, 0.2) is 17.0 Å². The standard InChI is InChI=1S/C29H56ClN7/c1-11-13-15-31-22-17-26(3,4)36(27(5,6)18-22)24-21-35(30)34-25(33-24)37-28(7,8)19-23(20-29(37,9)10)32-16-14-12-2/h21-23,31-32H,11-20H2,1-10H3,(H,33,34). The first kappa shape index (κ1) is 30.4. The smallest absolute Gasteiger partial charge is 0.221 e. The molecule has 0 spiro atoms. The summed E-state index contributed by atoms with van der Waals surface area (Å²) in [5.74, 6) is 1.77. The third kappa shape index (κ3) is 7.07. The van der Waals surface area contributed by atoms with Crippen LogP contribution >= 0.6 is 11.8 Å². The highest BCUT2D eigenvalue weighted by Crippen LogP contribution is 2.44. The molecule has 3 heterocycles. The number of nitrogens with one attached hydrogen (secondary N) is 3. The molecule has 0 aromatic rings. The average Bonchev–Trinajstić information content (AvgIpc) is 2.70. The number of halogens is 1. The predicted molar refractivity (Wildman–Crippen MR) is 158 cm³/mol. The van der Waals surface area contributed by atoms with Crippen LogP contribution in [0.25, 0.3) is 0 Å². The van der Waals surface area contributed by atoms with Gasteiger partial charge in [-0.25, -0.2) is 0 Å². The largest absolute Gasteiger partial charge is 0.345 e. The Bertz CT molecular complexity index is 796. The van der Waals surface area contributed by atoms with Crippen LogP contribution in [0.1, 0.15) is 121 Å². The van der Waals surface area contributed by atoms with Crippen LogP contribution in [-0.4, -0.2) is 67.6 Å². The number of rotatable bonds is 9. The SMILES string of the molecule is CCCCNC1CC(C)(C)N(C2=CN(Cl)NC(N3C(C)(C)CC(NCCCC)CC3(C)C)=N2)C(C)(C)C1. The van der Waals surface area contributed by atoms with Crippen molar-refractivity contribution in [1.29, 1.82) is 0 Å². The molecule has 7 nitrogen and oxygen atoms in total. The molecule has 3 aliphatic heterocycles. The summed E-state index contributed by atoms with van der Waals surface area (Å²) in [5, 5.41) is 7.65. The number of unbranched alkanes of at least 4 members (excludes halogenated alkanes) is 2. The van der Waals surface area contributed by atoms with E-state index in [1.807, 2.05) is 6.20 Å². The van der Waals surface area contributed by atoms with Gasteiger partial charge in [-0.2, -0.15) is 9.52 Å². The highest BCUT2D eigenvalue weighted by atomic mass is 35.5. The topological polar surface area (TPSA) is 58.2 Å². The summed E-state index contributed by atoms with van der Waals surface area (Å²) in [6.45, 7) is 25.4. The lowest BCUT2D eigenvalue weighted by atomic mass is 9.76. The average molecular weight is 538 g/mol. The minimum absolute atomic E-state index is 0.0671. The molecule has 8 heteroatoms. The zero-order chi connectivity index (χ0) is 27.6. The van der Waals surface area contributed by atoms with Gasteiger partial charge in [0, 0.05) is 46.0 Å². The van der Waals surface area contributed by atoms with Gasteiger partial charge in [-0.3, -0.25) is 5.43 Å². The van der Waals surface area contributed by atoms with Crippen molar-refractivity contribution < 1.29 is 0 Å². The van der Waals surface area contributed by atoms with Crippen molar-refractivity contribution in [2.75, 3.05) is 13.1 Å². The molecule has 3 aliphatic rings. The Balaban J connectivity index is 1.88. The van der Waals surface area contributed by atoms with Gasteiger partial charge in [0.2, 0.25) is 5.96 Å². The van der Waals surface area contributed by atoms with E-state index in [2.05, 4.69) is 95.1 Å². The molecule has 214 valence electrons. The second kappa shape index (κ2) is 11.5. The Morgan fingerprint density at radius 3 is 1.59 bits per heavy atom. The molecule has 0 aliphatic carbocycles. The van der Waals surface area contributed by atoms with Gasteiger partial charge >= 0.3 is 0 Å². The summed E-state index contributed by atoms with van der Waals surface area (Å²) in [7, 11) is 0. The van der Waals surface area contributed by atoms with Gasteiger partial charge in [-0.1, -0.05) is 26.7 Å². The fourth-order valence-corrected chi connectivity index (χ4v) is 7.77. The number of nitrogens with zero attached hydrogens (tertiary/aromatic N) is 4. The van der Waals surface area contributed by atoms with Crippen molar-refractivity contribution in [2.24, 2.45) is 4.99 Å². The van der Waals surface area contributed by atoms with Crippen molar-refractivity contribution in [3.05, 3.63) is 12.0 Å². The molecular weight excluding hydrogens is 482 g/mol. The zero-order valence-electron chi connectivity index (χ0n) is 25.5. The van der Waals surface area contributed by atoms with E-state index < -0.39 is 0 Å². The minimum atomic E-state index is -0.0845. The second-order valence-corrected chi connectivity index (χ2v) is 14.5. The van der Waals surface area contributed by atoms with E-state index >= 15 is 0 Å². The van der Waals surface area contributed by atoms with Crippen LogP contribution in [0.3, 0.4) is 0 Å². The number of likely N-dealkylation sites (tertiary alicyclic amines) is 2. The fourth-order valence-electron chi connectivity index (χ4n) is 7.61. The molecule has 0 amide bonds. The molecule has 0 radical (unpaired) electrons. The first-order chi connectivity index (χ1) is 17.1. The fraction of sp³-hybridized carbons (Fsp3) is 0.897. The van der Waals surface area contributed by atoms with E-state index in [9.17, 15) is 0 Å². The lowest BCUT2D eigenvalue weighted by molar-refractivity contribution is -0.0154. The highest BCUT2D eigenvalue weighted by Gasteiger charge is 2.50. The lowest BCUT2D eigenvalue weighted by Gasteiger charge is -2.59. The minimum Gasteiger partial charge on any atom is -0.345 e. The van der Waals surface area contributed by atoms with Crippen molar-refractivity contribution in [1.82, 2.24) is 30.4 Å². The Morgan fingerprint density at radius 1 is 0.784 bits per heavy atom. The first-order valence-electron chi connectivity index (χ1n) is 14.7. The molecule has 2 saturated heterocycles. The Hall–Kier alpha value is -1.18. The number of hydrogen-bond donors (Lipinski definition) is 3. The van der Waals surface area contributed by atoms with E-state index in [0.717, 1.165) is 50.6 Å². The van der Waals surface area contributed by atoms with Gasteiger partial charge < -0.3 is 20.4 Å². The first-order valence-corrected chi connectivity index (χ1v) is 15.1.